The van der Waals surface area contributed by atoms with Crippen molar-refractivity contribution in [2.75, 3.05) is 0 Å². The lowest BCUT2D eigenvalue weighted by molar-refractivity contribution is 0.100. The highest BCUT2D eigenvalue weighted by molar-refractivity contribution is 5.92. The highest BCUT2D eigenvalue weighted by atomic mass is 16.1. The Kier molecular flexibility index (Phi) is 4.24. The van der Waals surface area contributed by atoms with E-state index in [2.05, 4.69) is 22.0 Å². The minimum Gasteiger partial charge on any atom is -0.366 e. The molecule has 3 rings (SSSR count). The molecule has 0 aliphatic heterocycles. The molecule has 22 heavy (non-hydrogen) atoms. The van der Waals surface area contributed by atoms with E-state index in [0.29, 0.717) is 11.6 Å². The fourth-order valence-electron chi connectivity index (χ4n) is 3.13. The first-order chi connectivity index (χ1) is 10.7. The molecule has 0 fully saturated rings. The number of nitrogens with two attached hydrogens (primary N) is 1. The van der Waals surface area contributed by atoms with Gasteiger partial charge in [-0.3, -0.25) is 9.48 Å². The number of aromatic nitrogens is 2. The van der Waals surface area contributed by atoms with Gasteiger partial charge in [-0.25, -0.2) is 0 Å². The van der Waals surface area contributed by atoms with Gasteiger partial charge in [-0.05, 0) is 43.9 Å². The summed E-state index contributed by atoms with van der Waals surface area (Å²) in [5.41, 5.74) is 9.67. The molecule has 1 heterocycles. The topological polar surface area (TPSA) is 72.9 Å². The second-order valence-electron chi connectivity index (χ2n) is 5.75. The van der Waals surface area contributed by atoms with E-state index in [-0.39, 0.29) is 5.91 Å². The van der Waals surface area contributed by atoms with E-state index in [1.807, 2.05) is 18.3 Å². The van der Waals surface area contributed by atoms with E-state index in [4.69, 9.17) is 5.73 Å². The Labute approximate surface area is 130 Å². The number of nitrogens with zero attached hydrogens (tertiary/aromatic N) is 2. The number of hydrogen-bond donors (Lipinski definition) is 2. The molecule has 0 spiro atoms. The number of nitrogens with one attached hydrogen (secondary N) is 1. The number of hydrogen-bond acceptors (Lipinski definition) is 3. The van der Waals surface area contributed by atoms with E-state index >= 15 is 0 Å². The summed E-state index contributed by atoms with van der Waals surface area (Å²) in [5, 5.41) is 8.09. The summed E-state index contributed by atoms with van der Waals surface area (Å²) in [6.07, 6.45) is 5.46. The van der Waals surface area contributed by atoms with Crippen LogP contribution in [0.15, 0.2) is 30.5 Å². The first-order valence-corrected chi connectivity index (χ1v) is 7.85. The van der Waals surface area contributed by atoms with Crippen LogP contribution < -0.4 is 11.1 Å². The second kappa shape index (κ2) is 6.32. The molecule has 1 aliphatic rings. The molecule has 5 heteroatoms. The highest BCUT2D eigenvalue weighted by Crippen LogP contribution is 2.29. The van der Waals surface area contributed by atoms with Gasteiger partial charge in [0.15, 0.2) is 0 Å². The van der Waals surface area contributed by atoms with Crippen molar-refractivity contribution >= 4 is 5.91 Å². The first-order valence-electron chi connectivity index (χ1n) is 7.85. The van der Waals surface area contributed by atoms with Crippen LogP contribution in [0.1, 0.15) is 53.0 Å². The molecule has 1 aromatic carbocycles. The maximum absolute atomic E-state index is 11.1. The van der Waals surface area contributed by atoms with Crippen LogP contribution in [0.25, 0.3) is 0 Å². The Morgan fingerprint density at radius 2 is 2.18 bits per heavy atom. The Bertz CT molecular complexity index is 660. The standard InChI is InChI=1S/C17H22N4O/c1-2-21-16-5-3-4-15(14(16)11-20-21)19-10-12-6-8-13(9-7-12)17(18)22/h6-9,11,15,19H,2-5,10H2,1H3,(H2,18,22)/t15-/m1/s1. The summed E-state index contributed by atoms with van der Waals surface area (Å²) in [6.45, 7) is 3.84. The van der Waals surface area contributed by atoms with Gasteiger partial charge in [-0.15, -0.1) is 0 Å². The lowest BCUT2D eigenvalue weighted by Crippen LogP contribution is -2.25. The number of benzene rings is 1. The van der Waals surface area contributed by atoms with Gasteiger partial charge >= 0.3 is 0 Å². The van der Waals surface area contributed by atoms with Crippen molar-refractivity contribution in [3.05, 3.63) is 52.8 Å². The number of rotatable bonds is 5. The molecule has 1 aromatic heterocycles. The summed E-state index contributed by atoms with van der Waals surface area (Å²) >= 11 is 0. The predicted octanol–water partition coefficient (Wildman–Crippen LogP) is 2.17. The van der Waals surface area contributed by atoms with Gasteiger partial charge in [-0.1, -0.05) is 12.1 Å². The fourth-order valence-corrected chi connectivity index (χ4v) is 3.13. The summed E-state index contributed by atoms with van der Waals surface area (Å²) in [7, 11) is 0. The molecule has 116 valence electrons. The third kappa shape index (κ3) is 2.90. The van der Waals surface area contributed by atoms with Crippen LogP contribution in [0.2, 0.25) is 0 Å². The number of primary amides is 1. The molecule has 0 radical (unpaired) electrons. The van der Waals surface area contributed by atoms with Crippen LogP contribution in [0.4, 0.5) is 0 Å². The molecular formula is C17H22N4O. The monoisotopic (exact) mass is 298 g/mol. The zero-order chi connectivity index (χ0) is 15.5. The number of fused-ring (bicyclic) bond motifs is 1. The molecule has 1 amide bonds. The van der Waals surface area contributed by atoms with Gasteiger partial charge in [0.2, 0.25) is 5.91 Å². The number of aryl methyl sites for hydroxylation is 1. The average molecular weight is 298 g/mol. The smallest absolute Gasteiger partial charge is 0.248 e. The van der Waals surface area contributed by atoms with E-state index in [1.165, 1.54) is 17.7 Å². The zero-order valence-corrected chi connectivity index (χ0v) is 12.9. The van der Waals surface area contributed by atoms with Gasteiger partial charge in [0.25, 0.3) is 0 Å². The van der Waals surface area contributed by atoms with E-state index in [9.17, 15) is 4.79 Å². The van der Waals surface area contributed by atoms with Gasteiger partial charge < -0.3 is 11.1 Å². The normalized spacial score (nSPS) is 17.2. The molecule has 0 bridgehead atoms. The number of carbonyl (C=O) groups is 1. The lowest BCUT2D eigenvalue weighted by Gasteiger charge is -2.24. The van der Waals surface area contributed by atoms with Gasteiger partial charge in [0.1, 0.15) is 0 Å². The van der Waals surface area contributed by atoms with E-state index in [1.54, 1.807) is 12.1 Å². The fraction of sp³-hybridized carbons (Fsp3) is 0.412. The summed E-state index contributed by atoms with van der Waals surface area (Å²) in [5.74, 6) is -0.386. The molecular weight excluding hydrogens is 276 g/mol. The largest absolute Gasteiger partial charge is 0.366 e. The minimum atomic E-state index is -0.386. The van der Waals surface area contributed by atoms with Crippen molar-refractivity contribution < 1.29 is 4.79 Å². The first kappa shape index (κ1) is 14.8. The number of carbonyl (C=O) groups excluding carboxylic acids is 1. The van der Waals surface area contributed by atoms with Crippen molar-refractivity contribution in [3.8, 4) is 0 Å². The summed E-state index contributed by atoms with van der Waals surface area (Å²) < 4.78 is 2.10. The van der Waals surface area contributed by atoms with Crippen LogP contribution in [0.3, 0.4) is 0 Å². The third-order valence-electron chi connectivity index (χ3n) is 4.35. The molecule has 0 unspecified atom stereocenters. The van der Waals surface area contributed by atoms with Crippen molar-refractivity contribution in [2.24, 2.45) is 5.73 Å². The van der Waals surface area contributed by atoms with Crippen LogP contribution in [0, 0.1) is 0 Å². The SMILES string of the molecule is CCn1ncc2c1CCC[C@H]2NCc1ccc(C(N)=O)cc1. The lowest BCUT2D eigenvalue weighted by atomic mass is 9.92. The Morgan fingerprint density at radius 3 is 2.86 bits per heavy atom. The highest BCUT2D eigenvalue weighted by Gasteiger charge is 2.23. The molecule has 2 aromatic rings. The van der Waals surface area contributed by atoms with Crippen molar-refractivity contribution in [1.82, 2.24) is 15.1 Å². The molecule has 1 atom stereocenters. The average Bonchev–Trinajstić information content (AvgIpc) is 2.97. The maximum atomic E-state index is 11.1. The van der Waals surface area contributed by atoms with Crippen molar-refractivity contribution in [2.45, 2.75) is 45.3 Å². The Hall–Kier alpha value is -2.14. The molecule has 0 saturated carbocycles. The number of amides is 1. The van der Waals surface area contributed by atoms with Crippen LogP contribution in [-0.2, 0) is 19.5 Å². The van der Waals surface area contributed by atoms with E-state index in [0.717, 1.165) is 31.5 Å². The Morgan fingerprint density at radius 1 is 1.41 bits per heavy atom. The second-order valence-corrected chi connectivity index (χ2v) is 5.75. The van der Waals surface area contributed by atoms with Crippen LogP contribution in [-0.4, -0.2) is 15.7 Å². The van der Waals surface area contributed by atoms with Gasteiger partial charge in [0.05, 0.1) is 6.20 Å². The Balaban J connectivity index is 1.67. The quantitative estimate of drug-likeness (QED) is 0.888. The van der Waals surface area contributed by atoms with Crippen LogP contribution in [0.5, 0.6) is 0 Å². The molecule has 0 saturated heterocycles. The molecule has 1 aliphatic carbocycles. The van der Waals surface area contributed by atoms with Crippen molar-refractivity contribution in [3.63, 3.8) is 0 Å². The predicted molar refractivity (Wildman–Crippen MR) is 85.4 cm³/mol. The van der Waals surface area contributed by atoms with Crippen LogP contribution >= 0.6 is 0 Å². The van der Waals surface area contributed by atoms with Gasteiger partial charge in [0, 0.05) is 36.0 Å². The summed E-state index contributed by atoms with van der Waals surface area (Å²) in [6, 6.07) is 7.82. The third-order valence-corrected chi connectivity index (χ3v) is 4.35. The minimum absolute atomic E-state index is 0.361. The van der Waals surface area contributed by atoms with Gasteiger partial charge in [-0.2, -0.15) is 5.10 Å². The van der Waals surface area contributed by atoms with E-state index < -0.39 is 0 Å². The maximum Gasteiger partial charge on any atom is 0.248 e. The zero-order valence-electron chi connectivity index (χ0n) is 12.9. The molecule has 3 N–H and O–H groups in total. The van der Waals surface area contributed by atoms with Crippen molar-refractivity contribution in [1.29, 1.82) is 0 Å². The summed E-state index contributed by atoms with van der Waals surface area (Å²) in [4.78, 5) is 11.1. The molecule has 5 nitrogen and oxygen atoms in total.